The van der Waals surface area contributed by atoms with E-state index in [0.29, 0.717) is 10.0 Å². The predicted molar refractivity (Wildman–Crippen MR) is 122 cm³/mol. The number of nitrogens with one attached hydrogen (secondary N) is 1. The zero-order valence-corrected chi connectivity index (χ0v) is 18.6. The number of aromatic nitrogens is 2. The van der Waals surface area contributed by atoms with Crippen molar-refractivity contribution in [1.82, 2.24) is 4.57 Å². The third-order valence-electron chi connectivity index (χ3n) is 5.58. The maximum Gasteiger partial charge on any atom is 0.266 e. The normalized spacial score (nSPS) is 12.8. The molecule has 0 saturated heterocycles. The molecule has 1 aliphatic rings. The average molecular weight is 443 g/mol. The lowest BCUT2D eigenvalue weighted by molar-refractivity contribution is -0.690. The summed E-state index contributed by atoms with van der Waals surface area (Å²) in [5, 5.41) is 4.10. The number of hydrogen-bond donors (Lipinski definition) is 1. The SMILES string of the molecule is CCCCc1ccc(NC(=O)C[n+]2cc(-c3ccc(Cl)c(Cl)c3)n3c2CCC3)cc1. The number of halogens is 2. The van der Waals surface area contributed by atoms with E-state index in [4.69, 9.17) is 23.2 Å². The molecule has 0 radical (unpaired) electrons. The van der Waals surface area contributed by atoms with E-state index < -0.39 is 0 Å². The highest BCUT2D eigenvalue weighted by atomic mass is 35.5. The van der Waals surface area contributed by atoms with Crippen molar-refractivity contribution < 1.29 is 9.36 Å². The number of rotatable bonds is 7. The summed E-state index contributed by atoms with van der Waals surface area (Å²) < 4.78 is 4.32. The summed E-state index contributed by atoms with van der Waals surface area (Å²) in [4.78, 5) is 12.7. The van der Waals surface area contributed by atoms with Gasteiger partial charge in [-0.2, -0.15) is 0 Å². The molecule has 0 unspecified atom stereocenters. The molecule has 6 heteroatoms. The largest absolute Gasteiger partial charge is 0.323 e. The average Bonchev–Trinajstić information content (AvgIpc) is 3.34. The summed E-state index contributed by atoms with van der Waals surface area (Å²) in [6.07, 6.45) is 7.52. The van der Waals surface area contributed by atoms with Gasteiger partial charge in [0.05, 0.1) is 23.0 Å². The molecule has 156 valence electrons. The summed E-state index contributed by atoms with van der Waals surface area (Å²) in [7, 11) is 0. The van der Waals surface area contributed by atoms with Crippen molar-refractivity contribution in [3.63, 3.8) is 0 Å². The predicted octanol–water partition coefficient (Wildman–Crippen LogP) is 5.68. The monoisotopic (exact) mass is 442 g/mol. The minimum atomic E-state index is -0.0257. The molecule has 2 aromatic carbocycles. The van der Waals surface area contributed by atoms with Gasteiger partial charge in [0.15, 0.2) is 12.2 Å². The second-order valence-electron chi connectivity index (χ2n) is 7.79. The van der Waals surface area contributed by atoms with Crippen LogP contribution in [0.1, 0.15) is 37.6 Å². The number of carbonyl (C=O) groups excluding carboxylic acids is 1. The van der Waals surface area contributed by atoms with E-state index in [1.807, 2.05) is 36.5 Å². The standard InChI is InChI=1S/C24H25Cl2N3O/c1-2-3-5-17-7-10-19(11-8-17)27-23(30)16-28-15-22(29-13-4-6-24(28)29)18-9-12-20(25)21(26)14-18/h7-12,14-15H,2-6,13,16H2,1H3/p+1. The highest BCUT2D eigenvalue weighted by Gasteiger charge is 2.29. The van der Waals surface area contributed by atoms with Crippen molar-refractivity contribution in [2.24, 2.45) is 0 Å². The summed E-state index contributed by atoms with van der Waals surface area (Å²) in [5.41, 5.74) is 4.21. The second-order valence-corrected chi connectivity index (χ2v) is 8.61. The van der Waals surface area contributed by atoms with Gasteiger partial charge in [-0.15, -0.1) is 0 Å². The minimum absolute atomic E-state index is 0.0257. The molecule has 0 atom stereocenters. The van der Waals surface area contributed by atoms with Crippen LogP contribution in [0.4, 0.5) is 5.69 Å². The maximum atomic E-state index is 12.7. The number of nitrogens with zero attached hydrogens (tertiary/aromatic N) is 2. The molecule has 3 aromatic rings. The quantitative estimate of drug-likeness (QED) is 0.469. The topological polar surface area (TPSA) is 37.9 Å². The Labute approximate surface area is 187 Å². The Bertz CT molecular complexity index is 1060. The summed E-state index contributed by atoms with van der Waals surface area (Å²) in [6.45, 7) is 3.42. The molecule has 1 aromatic heterocycles. The first-order chi connectivity index (χ1) is 14.5. The fourth-order valence-electron chi connectivity index (χ4n) is 4.02. The smallest absolute Gasteiger partial charge is 0.266 e. The van der Waals surface area contributed by atoms with Crippen molar-refractivity contribution in [1.29, 1.82) is 0 Å². The van der Waals surface area contributed by atoms with Crippen molar-refractivity contribution in [2.75, 3.05) is 5.32 Å². The third-order valence-corrected chi connectivity index (χ3v) is 6.32. The van der Waals surface area contributed by atoms with E-state index in [1.54, 1.807) is 0 Å². The minimum Gasteiger partial charge on any atom is -0.323 e. The number of amides is 1. The van der Waals surface area contributed by atoms with Crippen LogP contribution in [-0.4, -0.2) is 10.5 Å². The van der Waals surface area contributed by atoms with Crippen LogP contribution in [-0.2, 0) is 30.7 Å². The number of anilines is 1. The Morgan fingerprint density at radius 3 is 2.67 bits per heavy atom. The molecule has 1 N–H and O–H groups in total. The van der Waals surface area contributed by atoms with Gasteiger partial charge in [-0.05, 0) is 55.2 Å². The maximum absolute atomic E-state index is 12.7. The summed E-state index contributed by atoms with van der Waals surface area (Å²) in [5.74, 6) is 1.14. The fraction of sp³-hybridized carbons (Fsp3) is 0.333. The first kappa shape index (κ1) is 21.0. The van der Waals surface area contributed by atoms with Gasteiger partial charge >= 0.3 is 0 Å². The molecule has 30 heavy (non-hydrogen) atoms. The third kappa shape index (κ3) is 4.55. The van der Waals surface area contributed by atoms with Crippen molar-refractivity contribution in [3.05, 3.63) is 70.1 Å². The number of hydrogen-bond acceptors (Lipinski definition) is 1. The number of carbonyl (C=O) groups is 1. The number of benzene rings is 2. The van der Waals surface area contributed by atoms with Crippen LogP contribution in [0.25, 0.3) is 11.3 Å². The van der Waals surface area contributed by atoms with Crippen molar-refractivity contribution in [2.45, 2.75) is 52.1 Å². The van der Waals surface area contributed by atoms with Crippen LogP contribution < -0.4 is 9.88 Å². The molecule has 0 fully saturated rings. The molecule has 0 bridgehead atoms. The molecule has 2 heterocycles. The molecule has 1 aliphatic heterocycles. The first-order valence-electron chi connectivity index (χ1n) is 10.5. The Hall–Kier alpha value is -2.30. The van der Waals surface area contributed by atoms with Gasteiger partial charge in [-0.25, -0.2) is 9.13 Å². The van der Waals surface area contributed by atoms with E-state index in [-0.39, 0.29) is 12.5 Å². The van der Waals surface area contributed by atoms with Crippen molar-refractivity contribution >= 4 is 34.8 Å². The summed E-state index contributed by atoms with van der Waals surface area (Å²) in [6, 6.07) is 13.8. The lowest BCUT2D eigenvalue weighted by Crippen LogP contribution is -2.42. The van der Waals surface area contributed by atoms with Crippen LogP contribution in [0.5, 0.6) is 0 Å². The molecule has 0 aliphatic carbocycles. The fourth-order valence-corrected chi connectivity index (χ4v) is 4.32. The molecular formula is C24H26Cl2N3O+. The van der Waals surface area contributed by atoms with Crippen molar-refractivity contribution in [3.8, 4) is 11.3 Å². The Morgan fingerprint density at radius 1 is 1.13 bits per heavy atom. The molecule has 4 rings (SSSR count). The Morgan fingerprint density at radius 2 is 1.93 bits per heavy atom. The lowest BCUT2D eigenvalue weighted by atomic mass is 10.1. The van der Waals surface area contributed by atoms with Gasteiger partial charge in [-0.1, -0.05) is 48.7 Å². The second kappa shape index (κ2) is 9.23. The van der Waals surface area contributed by atoms with E-state index in [2.05, 4.69) is 33.5 Å². The van der Waals surface area contributed by atoms with Gasteiger partial charge < -0.3 is 5.32 Å². The van der Waals surface area contributed by atoms with Crippen LogP contribution >= 0.6 is 23.2 Å². The Balaban J connectivity index is 1.49. The van der Waals surface area contributed by atoms with Gasteiger partial charge in [0.25, 0.3) is 11.7 Å². The van der Waals surface area contributed by atoms with Crippen LogP contribution in [0, 0.1) is 0 Å². The molecular weight excluding hydrogens is 417 g/mol. The van der Waals surface area contributed by atoms with Crippen LogP contribution in [0.15, 0.2) is 48.7 Å². The first-order valence-corrected chi connectivity index (χ1v) is 11.3. The van der Waals surface area contributed by atoms with E-state index in [9.17, 15) is 4.79 Å². The Kier molecular flexibility index (Phi) is 6.45. The van der Waals surface area contributed by atoms with Crippen LogP contribution in [0.3, 0.4) is 0 Å². The zero-order valence-electron chi connectivity index (χ0n) is 17.1. The van der Waals surface area contributed by atoms with E-state index in [1.165, 1.54) is 24.2 Å². The number of unbranched alkanes of at least 4 members (excludes halogenated alkanes) is 1. The number of aryl methyl sites for hydroxylation is 1. The lowest BCUT2D eigenvalue weighted by Gasteiger charge is -2.06. The highest BCUT2D eigenvalue weighted by Crippen LogP contribution is 2.30. The summed E-state index contributed by atoms with van der Waals surface area (Å²) >= 11 is 12.3. The number of imidazole rings is 1. The molecule has 4 nitrogen and oxygen atoms in total. The molecule has 0 saturated carbocycles. The molecule has 0 spiro atoms. The van der Waals surface area contributed by atoms with E-state index >= 15 is 0 Å². The zero-order chi connectivity index (χ0) is 21.1. The molecule has 1 amide bonds. The van der Waals surface area contributed by atoms with Gasteiger partial charge in [0.1, 0.15) is 6.20 Å². The van der Waals surface area contributed by atoms with Gasteiger partial charge in [-0.3, -0.25) is 4.79 Å². The highest BCUT2D eigenvalue weighted by molar-refractivity contribution is 6.42. The van der Waals surface area contributed by atoms with E-state index in [0.717, 1.165) is 42.8 Å². The number of fused-ring (bicyclic) bond motifs is 1. The van der Waals surface area contributed by atoms with Gasteiger partial charge in [0.2, 0.25) is 0 Å². The van der Waals surface area contributed by atoms with Crippen LogP contribution in [0.2, 0.25) is 10.0 Å². The van der Waals surface area contributed by atoms with Gasteiger partial charge in [0, 0.05) is 11.3 Å².